The molecule has 1 heterocycles. The predicted octanol–water partition coefficient (Wildman–Crippen LogP) is 2.50. The topological polar surface area (TPSA) is 83.8 Å². The zero-order valence-corrected chi connectivity index (χ0v) is 10.1. The van der Waals surface area contributed by atoms with Crippen LogP contribution in [0.5, 0.6) is 0 Å². The molecular formula is C12H13FN4O2. The molecule has 0 bridgehead atoms. The number of nitrogens with one attached hydrogen (secondary N) is 2. The normalized spacial score (nSPS) is 10.4. The van der Waals surface area contributed by atoms with E-state index in [2.05, 4.69) is 15.3 Å². The van der Waals surface area contributed by atoms with Crippen LogP contribution in [0.25, 0.3) is 0 Å². The van der Waals surface area contributed by atoms with E-state index < -0.39 is 10.7 Å². The molecule has 0 aliphatic heterocycles. The van der Waals surface area contributed by atoms with E-state index in [1.807, 2.05) is 0 Å². The van der Waals surface area contributed by atoms with Crippen molar-refractivity contribution in [3.05, 3.63) is 52.3 Å². The van der Waals surface area contributed by atoms with Crippen LogP contribution in [-0.2, 0) is 6.42 Å². The molecule has 7 heteroatoms. The van der Waals surface area contributed by atoms with E-state index in [0.29, 0.717) is 12.2 Å². The lowest BCUT2D eigenvalue weighted by Gasteiger charge is -2.05. The summed E-state index contributed by atoms with van der Waals surface area (Å²) in [7, 11) is 0. The number of nitro benzene ring substituents is 1. The fourth-order valence-electron chi connectivity index (χ4n) is 1.70. The van der Waals surface area contributed by atoms with Gasteiger partial charge in [-0.2, -0.15) is 0 Å². The van der Waals surface area contributed by atoms with Gasteiger partial charge in [0.15, 0.2) is 0 Å². The number of aryl methyl sites for hydroxylation is 1. The number of anilines is 1. The van der Waals surface area contributed by atoms with E-state index in [1.165, 1.54) is 12.1 Å². The fraction of sp³-hybridized carbons (Fsp3) is 0.250. The first-order chi connectivity index (χ1) is 9.15. The number of rotatable bonds is 6. The molecule has 0 amide bonds. The lowest BCUT2D eigenvalue weighted by molar-refractivity contribution is -0.385. The van der Waals surface area contributed by atoms with Crippen molar-refractivity contribution in [2.24, 2.45) is 0 Å². The van der Waals surface area contributed by atoms with Gasteiger partial charge in [0.1, 0.15) is 11.6 Å². The van der Waals surface area contributed by atoms with Crippen molar-refractivity contribution in [3.63, 3.8) is 0 Å². The summed E-state index contributed by atoms with van der Waals surface area (Å²) in [4.78, 5) is 17.0. The molecule has 0 fully saturated rings. The Kier molecular flexibility index (Phi) is 4.07. The summed E-state index contributed by atoms with van der Waals surface area (Å²) >= 11 is 0. The van der Waals surface area contributed by atoms with Crippen LogP contribution in [0.15, 0.2) is 30.6 Å². The van der Waals surface area contributed by atoms with Crippen LogP contribution in [0.2, 0.25) is 0 Å². The van der Waals surface area contributed by atoms with Gasteiger partial charge in [-0.1, -0.05) is 0 Å². The van der Waals surface area contributed by atoms with E-state index in [-0.39, 0.29) is 5.69 Å². The van der Waals surface area contributed by atoms with Crippen molar-refractivity contribution < 1.29 is 9.31 Å². The quantitative estimate of drug-likeness (QED) is 0.477. The molecule has 0 saturated carbocycles. The molecule has 6 nitrogen and oxygen atoms in total. The number of H-pyrrole nitrogens is 1. The summed E-state index contributed by atoms with van der Waals surface area (Å²) < 4.78 is 13.2. The third-order valence-electron chi connectivity index (χ3n) is 2.57. The summed E-state index contributed by atoms with van der Waals surface area (Å²) in [5, 5.41) is 13.5. The van der Waals surface area contributed by atoms with Gasteiger partial charge in [0.25, 0.3) is 5.69 Å². The number of benzene rings is 1. The maximum Gasteiger partial charge on any atom is 0.274 e. The van der Waals surface area contributed by atoms with Gasteiger partial charge in [0.05, 0.1) is 11.0 Å². The van der Waals surface area contributed by atoms with Gasteiger partial charge < -0.3 is 10.3 Å². The number of hydrogen-bond acceptors (Lipinski definition) is 4. The number of nitrogens with zero attached hydrogens (tertiary/aromatic N) is 2. The second-order valence-corrected chi connectivity index (χ2v) is 4.02. The van der Waals surface area contributed by atoms with E-state index in [1.54, 1.807) is 12.4 Å². The minimum absolute atomic E-state index is 0.256. The number of imidazole rings is 1. The van der Waals surface area contributed by atoms with Gasteiger partial charge in [0.2, 0.25) is 0 Å². The number of nitro groups is 1. The Balaban J connectivity index is 1.87. The monoisotopic (exact) mass is 264 g/mol. The zero-order valence-electron chi connectivity index (χ0n) is 10.1. The van der Waals surface area contributed by atoms with Crippen molar-refractivity contribution >= 4 is 11.4 Å². The standard InChI is InChI=1S/C12H13FN4O2/c13-9-6-10(8-11(7-9)17(18)19)14-3-1-2-12-15-4-5-16-12/h4-8,14H,1-3H2,(H,15,16). The second kappa shape index (κ2) is 5.94. The van der Waals surface area contributed by atoms with Crippen molar-refractivity contribution in [1.82, 2.24) is 9.97 Å². The average Bonchev–Trinajstić information content (AvgIpc) is 2.87. The number of non-ortho nitro benzene ring substituents is 1. The molecule has 0 aliphatic rings. The fourth-order valence-corrected chi connectivity index (χ4v) is 1.70. The molecule has 2 aromatic rings. The van der Waals surface area contributed by atoms with Crippen molar-refractivity contribution in [2.45, 2.75) is 12.8 Å². The number of aromatic amines is 1. The molecule has 2 N–H and O–H groups in total. The third kappa shape index (κ3) is 3.77. The Morgan fingerprint density at radius 1 is 1.42 bits per heavy atom. The Bertz CT molecular complexity index is 557. The summed E-state index contributed by atoms with van der Waals surface area (Å²) in [6.45, 7) is 0.585. The summed E-state index contributed by atoms with van der Waals surface area (Å²) in [5.41, 5.74) is 0.152. The van der Waals surface area contributed by atoms with Gasteiger partial charge >= 0.3 is 0 Å². The smallest absolute Gasteiger partial charge is 0.274 e. The van der Waals surface area contributed by atoms with Crippen molar-refractivity contribution in [2.75, 3.05) is 11.9 Å². The molecule has 0 saturated heterocycles. The maximum absolute atomic E-state index is 13.2. The third-order valence-corrected chi connectivity index (χ3v) is 2.57. The SMILES string of the molecule is O=[N+]([O-])c1cc(F)cc(NCCCc2ncc[nH]2)c1. The highest BCUT2D eigenvalue weighted by Gasteiger charge is 2.09. The first-order valence-corrected chi connectivity index (χ1v) is 5.82. The lowest BCUT2D eigenvalue weighted by Crippen LogP contribution is -2.04. The van der Waals surface area contributed by atoms with Crippen LogP contribution in [-0.4, -0.2) is 21.4 Å². The molecule has 2 rings (SSSR count). The molecular weight excluding hydrogens is 251 g/mol. The molecule has 0 atom stereocenters. The molecule has 0 unspecified atom stereocenters. The number of halogens is 1. The van der Waals surface area contributed by atoms with Crippen LogP contribution in [0.4, 0.5) is 15.8 Å². The maximum atomic E-state index is 13.2. The van der Waals surface area contributed by atoms with Crippen molar-refractivity contribution in [3.8, 4) is 0 Å². The Hall–Kier alpha value is -2.44. The summed E-state index contributed by atoms with van der Waals surface area (Å²) in [6, 6.07) is 3.45. The Morgan fingerprint density at radius 2 is 2.26 bits per heavy atom. The summed E-state index contributed by atoms with van der Waals surface area (Å²) in [6.07, 6.45) is 4.98. The molecule has 1 aromatic carbocycles. The highest BCUT2D eigenvalue weighted by molar-refractivity contribution is 5.51. The van der Waals surface area contributed by atoms with E-state index in [4.69, 9.17) is 0 Å². The van der Waals surface area contributed by atoms with Crippen LogP contribution >= 0.6 is 0 Å². The summed E-state index contributed by atoms with van der Waals surface area (Å²) in [5.74, 6) is 0.259. The van der Waals surface area contributed by atoms with Crippen LogP contribution in [0.1, 0.15) is 12.2 Å². The second-order valence-electron chi connectivity index (χ2n) is 4.02. The van der Waals surface area contributed by atoms with Gasteiger partial charge in [-0.15, -0.1) is 0 Å². The van der Waals surface area contributed by atoms with Crippen LogP contribution < -0.4 is 5.32 Å². The molecule has 0 aliphatic carbocycles. The minimum Gasteiger partial charge on any atom is -0.385 e. The van der Waals surface area contributed by atoms with Gasteiger partial charge in [-0.3, -0.25) is 10.1 Å². The number of aromatic nitrogens is 2. The zero-order chi connectivity index (χ0) is 13.7. The first kappa shape index (κ1) is 13.0. The van der Waals surface area contributed by atoms with Crippen LogP contribution in [0.3, 0.4) is 0 Å². The first-order valence-electron chi connectivity index (χ1n) is 5.82. The van der Waals surface area contributed by atoms with E-state index in [0.717, 1.165) is 24.7 Å². The molecule has 1 aromatic heterocycles. The largest absolute Gasteiger partial charge is 0.385 e. The van der Waals surface area contributed by atoms with E-state index in [9.17, 15) is 14.5 Å². The molecule has 19 heavy (non-hydrogen) atoms. The van der Waals surface area contributed by atoms with Gasteiger partial charge in [-0.25, -0.2) is 9.37 Å². The number of hydrogen-bond donors (Lipinski definition) is 2. The van der Waals surface area contributed by atoms with Crippen LogP contribution in [0, 0.1) is 15.9 Å². The highest BCUT2D eigenvalue weighted by Crippen LogP contribution is 2.19. The molecule has 100 valence electrons. The molecule has 0 radical (unpaired) electrons. The van der Waals surface area contributed by atoms with E-state index >= 15 is 0 Å². The van der Waals surface area contributed by atoms with Gasteiger partial charge in [-0.05, 0) is 12.5 Å². The Morgan fingerprint density at radius 3 is 2.95 bits per heavy atom. The Labute approximate surface area is 108 Å². The predicted molar refractivity (Wildman–Crippen MR) is 68.5 cm³/mol. The van der Waals surface area contributed by atoms with Gasteiger partial charge in [0, 0.05) is 37.1 Å². The lowest BCUT2D eigenvalue weighted by atomic mass is 10.2. The highest BCUT2D eigenvalue weighted by atomic mass is 19.1. The average molecular weight is 264 g/mol. The minimum atomic E-state index is -0.622. The van der Waals surface area contributed by atoms with Crippen molar-refractivity contribution in [1.29, 1.82) is 0 Å². The molecule has 0 spiro atoms.